The van der Waals surface area contributed by atoms with Crippen LogP contribution in [0.3, 0.4) is 0 Å². The Balaban J connectivity index is 2.05. The van der Waals surface area contributed by atoms with Gasteiger partial charge in [0.15, 0.2) is 0 Å². The van der Waals surface area contributed by atoms with Gasteiger partial charge in [0.2, 0.25) is 0 Å². The molecule has 0 atom stereocenters. The van der Waals surface area contributed by atoms with Crippen LogP contribution < -0.4 is 11.1 Å². The first kappa shape index (κ1) is 13.0. The average molecular weight is 256 g/mol. The van der Waals surface area contributed by atoms with Crippen molar-refractivity contribution in [2.45, 2.75) is 20.4 Å². The molecule has 2 aromatic rings. The number of hydrogen-bond donors (Lipinski definition) is 2. The van der Waals surface area contributed by atoms with Gasteiger partial charge >= 0.3 is 0 Å². The lowest BCUT2D eigenvalue weighted by molar-refractivity contribution is 0.0949. The van der Waals surface area contributed by atoms with Gasteiger partial charge < -0.3 is 11.1 Å². The van der Waals surface area contributed by atoms with Crippen LogP contribution in [0, 0.1) is 13.8 Å². The predicted molar refractivity (Wildman–Crippen MR) is 73.5 cm³/mol. The fourth-order valence-corrected chi connectivity index (χ4v) is 1.69. The zero-order valence-electron chi connectivity index (χ0n) is 11.0. The average Bonchev–Trinajstić information content (AvgIpc) is 2.40. The van der Waals surface area contributed by atoms with Crippen LogP contribution in [0.2, 0.25) is 0 Å². The molecule has 5 nitrogen and oxygen atoms in total. The number of nitrogen functional groups attached to an aromatic ring is 1. The van der Waals surface area contributed by atoms with Gasteiger partial charge in [-0.05, 0) is 37.6 Å². The van der Waals surface area contributed by atoms with Gasteiger partial charge in [-0.15, -0.1) is 0 Å². The standard InChI is InChI=1S/C14H16N4O/c1-9-7-13(10(2)18-17-9)14(19)16-8-11-3-5-12(15)6-4-11/h3-7H,8,15H2,1-2H3,(H,16,19). The van der Waals surface area contributed by atoms with Gasteiger partial charge in [0.05, 0.1) is 17.0 Å². The van der Waals surface area contributed by atoms with Crippen LogP contribution in [-0.2, 0) is 6.54 Å². The van der Waals surface area contributed by atoms with Gasteiger partial charge in [0.25, 0.3) is 5.91 Å². The fraction of sp³-hybridized carbons (Fsp3) is 0.214. The van der Waals surface area contributed by atoms with Crippen molar-refractivity contribution in [3.05, 3.63) is 52.8 Å². The summed E-state index contributed by atoms with van der Waals surface area (Å²) in [6, 6.07) is 9.13. The Morgan fingerprint density at radius 2 is 1.89 bits per heavy atom. The van der Waals surface area contributed by atoms with Crippen molar-refractivity contribution >= 4 is 11.6 Å². The number of benzene rings is 1. The van der Waals surface area contributed by atoms with E-state index >= 15 is 0 Å². The van der Waals surface area contributed by atoms with Gasteiger partial charge in [-0.3, -0.25) is 4.79 Å². The first-order valence-electron chi connectivity index (χ1n) is 6.00. The molecule has 2 rings (SSSR count). The van der Waals surface area contributed by atoms with Crippen molar-refractivity contribution in [2.75, 3.05) is 5.73 Å². The molecular formula is C14H16N4O. The second-order valence-corrected chi connectivity index (χ2v) is 4.41. The van der Waals surface area contributed by atoms with Crippen LogP contribution in [0.25, 0.3) is 0 Å². The van der Waals surface area contributed by atoms with Gasteiger partial charge in [-0.1, -0.05) is 12.1 Å². The van der Waals surface area contributed by atoms with E-state index in [0.29, 0.717) is 23.5 Å². The molecule has 0 radical (unpaired) electrons. The van der Waals surface area contributed by atoms with E-state index in [2.05, 4.69) is 15.5 Å². The van der Waals surface area contributed by atoms with Crippen LogP contribution in [0.5, 0.6) is 0 Å². The molecule has 98 valence electrons. The molecule has 0 aliphatic heterocycles. The monoisotopic (exact) mass is 256 g/mol. The molecule has 3 N–H and O–H groups in total. The Kier molecular flexibility index (Phi) is 3.75. The van der Waals surface area contributed by atoms with Gasteiger partial charge in [0.1, 0.15) is 0 Å². The van der Waals surface area contributed by atoms with E-state index in [1.54, 1.807) is 13.0 Å². The highest BCUT2D eigenvalue weighted by molar-refractivity contribution is 5.95. The summed E-state index contributed by atoms with van der Waals surface area (Å²) < 4.78 is 0. The van der Waals surface area contributed by atoms with E-state index < -0.39 is 0 Å². The molecule has 1 amide bonds. The maximum atomic E-state index is 12.1. The van der Waals surface area contributed by atoms with E-state index in [4.69, 9.17) is 5.73 Å². The van der Waals surface area contributed by atoms with E-state index in [1.165, 1.54) is 0 Å². The predicted octanol–water partition coefficient (Wildman–Crippen LogP) is 1.61. The largest absolute Gasteiger partial charge is 0.399 e. The number of nitrogens with two attached hydrogens (primary N) is 1. The van der Waals surface area contributed by atoms with Crippen molar-refractivity contribution in [2.24, 2.45) is 0 Å². The number of nitrogens with one attached hydrogen (secondary N) is 1. The normalized spacial score (nSPS) is 10.2. The lowest BCUT2D eigenvalue weighted by Crippen LogP contribution is -2.24. The molecule has 1 aromatic carbocycles. The van der Waals surface area contributed by atoms with Gasteiger partial charge in [0, 0.05) is 12.2 Å². The molecule has 0 saturated heterocycles. The second kappa shape index (κ2) is 5.48. The zero-order valence-corrected chi connectivity index (χ0v) is 11.0. The summed E-state index contributed by atoms with van der Waals surface area (Å²) in [5.74, 6) is -0.146. The quantitative estimate of drug-likeness (QED) is 0.817. The van der Waals surface area contributed by atoms with Crippen LogP contribution >= 0.6 is 0 Å². The molecule has 0 aliphatic rings. The first-order chi connectivity index (χ1) is 9.06. The number of rotatable bonds is 3. The third kappa shape index (κ3) is 3.28. The smallest absolute Gasteiger partial charge is 0.253 e. The minimum absolute atomic E-state index is 0.146. The highest BCUT2D eigenvalue weighted by atomic mass is 16.1. The topological polar surface area (TPSA) is 80.9 Å². The molecule has 0 fully saturated rings. The molecular weight excluding hydrogens is 240 g/mol. The van der Waals surface area contributed by atoms with E-state index in [0.717, 1.165) is 11.3 Å². The Hall–Kier alpha value is -2.43. The maximum absolute atomic E-state index is 12.1. The summed E-state index contributed by atoms with van der Waals surface area (Å²) in [7, 11) is 0. The molecule has 0 bridgehead atoms. The van der Waals surface area contributed by atoms with Crippen LogP contribution in [0.4, 0.5) is 5.69 Å². The van der Waals surface area contributed by atoms with Crippen molar-refractivity contribution in [3.8, 4) is 0 Å². The van der Waals surface area contributed by atoms with Crippen molar-refractivity contribution < 1.29 is 4.79 Å². The first-order valence-corrected chi connectivity index (χ1v) is 6.00. The third-order valence-corrected chi connectivity index (χ3v) is 2.78. The molecule has 0 saturated carbocycles. The number of aryl methyl sites for hydroxylation is 2. The Bertz CT molecular complexity index is 593. The van der Waals surface area contributed by atoms with Crippen LogP contribution in [0.1, 0.15) is 27.3 Å². The number of hydrogen-bond acceptors (Lipinski definition) is 4. The lowest BCUT2D eigenvalue weighted by atomic mass is 10.1. The Labute approximate surface area is 111 Å². The summed E-state index contributed by atoms with van der Waals surface area (Å²) in [4.78, 5) is 12.1. The minimum atomic E-state index is -0.146. The second-order valence-electron chi connectivity index (χ2n) is 4.41. The minimum Gasteiger partial charge on any atom is -0.399 e. The van der Waals surface area contributed by atoms with Gasteiger partial charge in [-0.2, -0.15) is 10.2 Å². The Morgan fingerprint density at radius 1 is 1.21 bits per heavy atom. The Morgan fingerprint density at radius 3 is 2.58 bits per heavy atom. The highest BCUT2D eigenvalue weighted by Crippen LogP contribution is 2.07. The summed E-state index contributed by atoms with van der Waals surface area (Å²) >= 11 is 0. The van der Waals surface area contributed by atoms with E-state index in [9.17, 15) is 4.79 Å². The van der Waals surface area contributed by atoms with E-state index in [1.807, 2.05) is 31.2 Å². The summed E-state index contributed by atoms with van der Waals surface area (Å²) in [6.07, 6.45) is 0. The van der Waals surface area contributed by atoms with Crippen molar-refractivity contribution in [1.82, 2.24) is 15.5 Å². The van der Waals surface area contributed by atoms with Crippen molar-refractivity contribution in [3.63, 3.8) is 0 Å². The van der Waals surface area contributed by atoms with E-state index in [-0.39, 0.29) is 5.91 Å². The van der Waals surface area contributed by atoms with Crippen LogP contribution in [0.15, 0.2) is 30.3 Å². The summed E-state index contributed by atoms with van der Waals surface area (Å²) in [6.45, 7) is 4.04. The third-order valence-electron chi connectivity index (χ3n) is 2.78. The van der Waals surface area contributed by atoms with Crippen LogP contribution in [-0.4, -0.2) is 16.1 Å². The maximum Gasteiger partial charge on any atom is 0.253 e. The molecule has 1 aromatic heterocycles. The zero-order chi connectivity index (χ0) is 13.8. The summed E-state index contributed by atoms with van der Waals surface area (Å²) in [5.41, 5.74) is 9.22. The number of aromatic nitrogens is 2. The lowest BCUT2D eigenvalue weighted by Gasteiger charge is -2.07. The SMILES string of the molecule is Cc1cc(C(=O)NCc2ccc(N)cc2)c(C)nn1. The molecule has 0 spiro atoms. The number of anilines is 1. The molecule has 0 unspecified atom stereocenters. The number of carbonyl (C=O) groups is 1. The van der Waals surface area contributed by atoms with Crippen molar-refractivity contribution in [1.29, 1.82) is 0 Å². The summed E-state index contributed by atoms with van der Waals surface area (Å²) in [5, 5.41) is 10.7. The molecule has 0 aliphatic carbocycles. The highest BCUT2D eigenvalue weighted by Gasteiger charge is 2.10. The molecule has 1 heterocycles. The number of carbonyl (C=O) groups excluding carboxylic acids is 1. The van der Waals surface area contributed by atoms with Gasteiger partial charge in [-0.25, -0.2) is 0 Å². The fourth-order valence-electron chi connectivity index (χ4n) is 1.69. The number of amides is 1. The number of nitrogens with zero attached hydrogens (tertiary/aromatic N) is 2. The molecule has 5 heteroatoms. The molecule has 19 heavy (non-hydrogen) atoms.